The Kier molecular flexibility index (Phi) is 4.07. The Balaban J connectivity index is 2.67. The third-order valence-corrected chi connectivity index (χ3v) is 3.13. The summed E-state index contributed by atoms with van der Waals surface area (Å²) in [7, 11) is 4.60. The predicted molar refractivity (Wildman–Crippen MR) is 78.0 cm³/mol. The van der Waals surface area contributed by atoms with Crippen LogP contribution in [0, 0.1) is 0 Å². The molecule has 2 rings (SSSR count). The van der Waals surface area contributed by atoms with Crippen molar-refractivity contribution in [3.63, 3.8) is 0 Å². The molecule has 0 bridgehead atoms. The van der Waals surface area contributed by atoms with Crippen LogP contribution < -0.4 is 15.0 Å². The van der Waals surface area contributed by atoms with Crippen molar-refractivity contribution in [3.8, 4) is 22.8 Å². The lowest BCUT2D eigenvalue weighted by molar-refractivity contribution is 0.101. The Bertz CT molecular complexity index is 750. The number of carbonyl (C=O) groups is 1. The van der Waals surface area contributed by atoms with Crippen molar-refractivity contribution in [2.45, 2.75) is 6.92 Å². The summed E-state index contributed by atoms with van der Waals surface area (Å²) in [6.45, 7) is 1.35. The Morgan fingerprint density at radius 3 is 2.48 bits per heavy atom. The van der Waals surface area contributed by atoms with Gasteiger partial charge < -0.3 is 9.47 Å². The molecule has 0 atom stereocenters. The van der Waals surface area contributed by atoms with E-state index < -0.39 is 5.56 Å². The van der Waals surface area contributed by atoms with Crippen LogP contribution in [0.3, 0.4) is 0 Å². The first-order valence-corrected chi connectivity index (χ1v) is 6.29. The Morgan fingerprint density at radius 1 is 1.19 bits per heavy atom. The Morgan fingerprint density at radius 2 is 1.90 bits per heavy atom. The van der Waals surface area contributed by atoms with Crippen molar-refractivity contribution in [1.29, 1.82) is 0 Å². The molecule has 0 spiro atoms. The summed E-state index contributed by atoms with van der Waals surface area (Å²) >= 11 is 0. The number of hydrogen-bond acceptors (Lipinski definition) is 5. The third kappa shape index (κ3) is 2.79. The topological polar surface area (TPSA) is 70.4 Å². The van der Waals surface area contributed by atoms with Crippen molar-refractivity contribution in [2.75, 3.05) is 14.2 Å². The summed E-state index contributed by atoms with van der Waals surface area (Å²) in [6.07, 6.45) is 0. The SMILES string of the molecule is COc1ccc(-c2cc(C(C)=O)c(=O)n(C)n2)c(OC)c1. The van der Waals surface area contributed by atoms with Crippen LogP contribution in [0.1, 0.15) is 17.3 Å². The van der Waals surface area contributed by atoms with Crippen LogP contribution in [0.5, 0.6) is 11.5 Å². The van der Waals surface area contributed by atoms with E-state index in [0.29, 0.717) is 22.8 Å². The summed E-state index contributed by atoms with van der Waals surface area (Å²) in [4.78, 5) is 23.4. The third-order valence-electron chi connectivity index (χ3n) is 3.13. The minimum Gasteiger partial charge on any atom is -0.497 e. The number of aryl methyl sites for hydroxylation is 1. The van der Waals surface area contributed by atoms with E-state index in [1.54, 1.807) is 25.3 Å². The van der Waals surface area contributed by atoms with Gasteiger partial charge in [0.25, 0.3) is 5.56 Å². The molecule has 2 aromatic rings. The van der Waals surface area contributed by atoms with Crippen LogP contribution in [0.15, 0.2) is 29.1 Å². The van der Waals surface area contributed by atoms with Gasteiger partial charge in [-0.1, -0.05) is 0 Å². The predicted octanol–water partition coefficient (Wildman–Crippen LogP) is 1.67. The molecule has 1 aromatic carbocycles. The molecule has 21 heavy (non-hydrogen) atoms. The number of carbonyl (C=O) groups excluding carboxylic acids is 1. The highest BCUT2D eigenvalue weighted by atomic mass is 16.5. The standard InChI is InChI=1S/C15H16N2O4/c1-9(18)12-8-13(16-17(2)15(12)19)11-6-5-10(20-3)7-14(11)21-4/h5-8H,1-4H3. The Labute approximate surface area is 121 Å². The van der Waals surface area contributed by atoms with Crippen LogP contribution in [-0.4, -0.2) is 29.8 Å². The summed E-state index contributed by atoms with van der Waals surface area (Å²) in [5.41, 5.74) is 0.845. The number of aromatic nitrogens is 2. The number of nitrogens with zero attached hydrogens (tertiary/aromatic N) is 2. The van der Waals surface area contributed by atoms with E-state index in [0.717, 1.165) is 4.68 Å². The fourth-order valence-electron chi connectivity index (χ4n) is 2.00. The average molecular weight is 288 g/mol. The summed E-state index contributed by atoms with van der Waals surface area (Å²) in [6, 6.07) is 6.73. The minimum atomic E-state index is -0.418. The zero-order chi connectivity index (χ0) is 15.6. The van der Waals surface area contributed by atoms with Crippen molar-refractivity contribution < 1.29 is 14.3 Å². The van der Waals surface area contributed by atoms with Gasteiger partial charge in [0, 0.05) is 18.7 Å². The fraction of sp³-hybridized carbons (Fsp3) is 0.267. The van der Waals surface area contributed by atoms with E-state index in [4.69, 9.17) is 9.47 Å². The number of methoxy groups -OCH3 is 2. The van der Waals surface area contributed by atoms with E-state index in [1.807, 2.05) is 0 Å². The highest BCUT2D eigenvalue weighted by Crippen LogP contribution is 2.32. The largest absolute Gasteiger partial charge is 0.497 e. The van der Waals surface area contributed by atoms with Gasteiger partial charge in [-0.05, 0) is 25.1 Å². The second kappa shape index (κ2) is 5.78. The molecule has 0 unspecified atom stereocenters. The molecular formula is C15H16N2O4. The molecule has 0 amide bonds. The van der Waals surface area contributed by atoms with E-state index in [9.17, 15) is 9.59 Å². The van der Waals surface area contributed by atoms with Crippen molar-refractivity contribution in [2.24, 2.45) is 7.05 Å². The number of benzene rings is 1. The minimum absolute atomic E-state index is 0.0976. The number of ketones is 1. The summed E-state index contributed by atoms with van der Waals surface area (Å²) < 4.78 is 11.6. The number of rotatable bonds is 4. The highest BCUT2D eigenvalue weighted by molar-refractivity contribution is 5.94. The number of ether oxygens (including phenoxy) is 2. The normalized spacial score (nSPS) is 10.3. The maximum atomic E-state index is 11.9. The lowest BCUT2D eigenvalue weighted by Gasteiger charge is -2.11. The maximum absolute atomic E-state index is 11.9. The van der Waals surface area contributed by atoms with Gasteiger partial charge in [0.05, 0.1) is 25.5 Å². The zero-order valence-corrected chi connectivity index (χ0v) is 12.3. The monoisotopic (exact) mass is 288 g/mol. The van der Waals surface area contributed by atoms with E-state index >= 15 is 0 Å². The lowest BCUT2D eigenvalue weighted by atomic mass is 10.1. The van der Waals surface area contributed by atoms with Crippen LogP contribution in [-0.2, 0) is 7.05 Å². The highest BCUT2D eigenvalue weighted by Gasteiger charge is 2.15. The molecule has 1 aromatic heterocycles. The summed E-state index contributed by atoms with van der Waals surface area (Å²) in [5, 5.41) is 4.18. The van der Waals surface area contributed by atoms with Gasteiger partial charge in [0.1, 0.15) is 11.5 Å². The molecular weight excluding hydrogens is 272 g/mol. The van der Waals surface area contributed by atoms with Crippen LogP contribution >= 0.6 is 0 Å². The maximum Gasteiger partial charge on any atom is 0.277 e. The molecule has 0 radical (unpaired) electrons. The molecule has 0 aliphatic carbocycles. The van der Waals surface area contributed by atoms with E-state index in [-0.39, 0.29) is 11.3 Å². The quantitative estimate of drug-likeness (QED) is 0.800. The van der Waals surface area contributed by atoms with E-state index in [1.165, 1.54) is 27.1 Å². The second-order valence-electron chi connectivity index (χ2n) is 4.49. The van der Waals surface area contributed by atoms with Crippen LogP contribution in [0.25, 0.3) is 11.3 Å². The number of hydrogen-bond donors (Lipinski definition) is 0. The average Bonchev–Trinajstić information content (AvgIpc) is 2.48. The zero-order valence-electron chi connectivity index (χ0n) is 12.3. The Hall–Kier alpha value is -2.63. The van der Waals surface area contributed by atoms with Gasteiger partial charge >= 0.3 is 0 Å². The molecule has 0 N–H and O–H groups in total. The van der Waals surface area contributed by atoms with Gasteiger partial charge in [-0.25, -0.2) is 4.68 Å². The molecule has 0 saturated carbocycles. The molecule has 110 valence electrons. The van der Waals surface area contributed by atoms with Crippen LogP contribution in [0.2, 0.25) is 0 Å². The van der Waals surface area contributed by atoms with Crippen molar-refractivity contribution >= 4 is 5.78 Å². The van der Waals surface area contributed by atoms with Crippen molar-refractivity contribution in [3.05, 3.63) is 40.2 Å². The number of Topliss-reactive ketones (excluding diaryl/α,β-unsaturated/α-hetero) is 1. The molecule has 0 saturated heterocycles. The second-order valence-corrected chi connectivity index (χ2v) is 4.49. The molecule has 6 heteroatoms. The molecule has 6 nitrogen and oxygen atoms in total. The van der Waals surface area contributed by atoms with Crippen molar-refractivity contribution in [1.82, 2.24) is 9.78 Å². The van der Waals surface area contributed by atoms with E-state index in [2.05, 4.69) is 5.10 Å². The van der Waals surface area contributed by atoms with Gasteiger partial charge in [-0.2, -0.15) is 5.10 Å². The van der Waals surface area contributed by atoms with Gasteiger partial charge in [0.2, 0.25) is 0 Å². The first-order valence-electron chi connectivity index (χ1n) is 6.29. The lowest BCUT2D eigenvalue weighted by Crippen LogP contribution is -2.25. The van der Waals surface area contributed by atoms with Gasteiger partial charge in [0.15, 0.2) is 5.78 Å². The first kappa shape index (κ1) is 14.8. The fourth-order valence-corrected chi connectivity index (χ4v) is 2.00. The van der Waals surface area contributed by atoms with Crippen LogP contribution in [0.4, 0.5) is 0 Å². The molecule has 1 heterocycles. The van der Waals surface area contributed by atoms with Gasteiger partial charge in [-0.15, -0.1) is 0 Å². The molecule has 0 aliphatic heterocycles. The molecule has 0 aliphatic rings. The molecule has 0 fully saturated rings. The smallest absolute Gasteiger partial charge is 0.277 e. The summed E-state index contributed by atoms with van der Waals surface area (Å²) in [5.74, 6) is 0.897. The van der Waals surface area contributed by atoms with Gasteiger partial charge in [-0.3, -0.25) is 9.59 Å². The first-order chi connectivity index (χ1) is 9.97.